The molecule has 0 aliphatic heterocycles. The maximum Gasteiger partial charge on any atom is 0.416 e. The number of benzene rings is 2. The Morgan fingerprint density at radius 3 is 2.50 bits per heavy atom. The second-order valence-electron chi connectivity index (χ2n) is 10.7. The second-order valence-corrected chi connectivity index (χ2v) is 10.7. The summed E-state index contributed by atoms with van der Waals surface area (Å²) in [6.45, 7) is 0.287. The summed E-state index contributed by atoms with van der Waals surface area (Å²) >= 11 is 0. The van der Waals surface area contributed by atoms with Crippen LogP contribution < -0.4 is 15.4 Å². The molecule has 1 atom stereocenters. The van der Waals surface area contributed by atoms with E-state index in [1.165, 1.54) is 6.07 Å². The number of ether oxygens (including phenoxy) is 1. The smallest absolute Gasteiger partial charge is 0.416 e. The van der Waals surface area contributed by atoms with E-state index in [-0.39, 0.29) is 30.0 Å². The van der Waals surface area contributed by atoms with Crippen LogP contribution >= 0.6 is 0 Å². The average molecular weight is 553 g/mol. The Labute approximate surface area is 230 Å². The van der Waals surface area contributed by atoms with E-state index >= 15 is 0 Å². The number of halogens is 3. The summed E-state index contributed by atoms with van der Waals surface area (Å²) in [4.78, 5) is 31.0. The van der Waals surface area contributed by atoms with Crippen LogP contribution in [0.3, 0.4) is 0 Å². The van der Waals surface area contributed by atoms with E-state index < -0.39 is 17.6 Å². The number of carbonyl (C=O) groups is 2. The highest BCUT2D eigenvalue weighted by Crippen LogP contribution is 2.33. The van der Waals surface area contributed by atoms with Gasteiger partial charge in [-0.15, -0.1) is 0 Å². The SMILES string of the molecule is CN(C)Cc1cc(C(=O)N[C@@H]2CCc3ccc(Oc4ccnc(NC(=O)C5CC5)c4)cc3C2)cc(C(F)(F)F)c1. The topological polar surface area (TPSA) is 83.6 Å². The number of fused-ring (bicyclic) bond motifs is 1. The lowest BCUT2D eigenvalue weighted by Gasteiger charge is -2.26. The number of aromatic nitrogens is 1. The maximum absolute atomic E-state index is 13.5. The molecule has 1 aromatic heterocycles. The van der Waals surface area contributed by atoms with Gasteiger partial charge in [0.25, 0.3) is 5.91 Å². The summed E-state index contributed by atoms with van der Waals surface area (Å²) in [6.07, 6.45) is 0.751. The molecule has 2 N–H and O–H groups in total. The molecule has 210 valence electrons. The van der Waals surface area contributed by atoms with Gasteiger partial charge in [0, 0.05) is 36.3 Å². The average Bonchev–Trinajstić information content (AvgIpc) is 3.73. The summed E-state index contributed by atoms with van der Waals surface area (Å²) in [7, 11) is 3.52. The van der Waals surface area contributed by atoms with Gasteiger partial charge in [-0.25, -0.2) is 4.98 Å². The quantitative estimate of drug-likeness (QED) is 0.381. The predicted molar refractivity (Wildman–Crippen MR) is 144 cm³/mol. The standard InChI is InChI=1S/C30H31F3N4O3/c1-37(2)17-18-11-22(13-23(12-18)30(31,32)33)29(39)35-24-7-5-19-6-8-25(15-21(19)14-24)40-26-9-10-34-27(16-26)36-28(38)20-3-4-20/h6,8-13,15-16,20,24H,3-5,7,14,17H2,1-2H3,(H,35,39)(H,34,36,38)/t24-/m1/s1. The Balaban J connectivity index is 1.26. The highest BCUT2D eigenvalue weighted by atomic mass is 19.4. The molecule has 1 saturated carbocycles. The predicted octanol–water partition coefficient (Wildman–Crippen LogP) is 5.59. The number of pyridine rings is 1. The van der Waals surface area contributed by atoms with Crippen LogP contribution in [0.15, 0.2) is 54.7 Å². The lowest BCUT2D eigenvalue weighted by molar-refractivity contribution is -0.137. The number of carbonyl (C=O) groups excluding carboxylic acids is 2. The van der Waals surface area contributed by atoms with E-state index in [0.717, 1.165) is 42.5 Å². The third-order valence-electron chi connectivity index (χ3n) is 6.99. The lowest BCUT2D eigenvalue weighted by atomic mass is 9.88. The molecule has 1 heterocycles. The van der Waals surface area contributed by atoms with Gasteiger partial charge in [0.05, 0.1) is 5.56 Å². The van der Waals surface area contributed by atoms with E-state index in [1.807, 2.05) is 18.2 Å². The van der Waals surface area contributed by atoms with Crippen LogP contribution in [0, 0.1) is 5.92 Å². The number of anilines is 1. The van der Waals surface area contributed by atoms with Crippen molar-refractivity contribution in [1.82, 2.24) is 15.2 Å². The van der Waals surface area contributed by atoms with Crippen molar-refractivity contribution < 1.29 is 27.5 Å². The highest BCUT2D eigenvalue weighted by Gasteiger charge is 2.32. The molecule has 5 rings (SSSR count). The summed E-state index contributed by atoms with van der Waals surface area (Å²) in [5, 5.41) is 5.74. The summed E-state index contributed by atoms with van der Waals surface area (Å²) in [5.74, 6) is 1.06. The van der Waals surface area contributed by atoms with Gasteiger partial charge in [0.15, 0.2) is 0 Å². The highest BCUT2D eigenvalue weighted by molar-refractivity contribution is 5.95. The van der Waals surface area contributed by atoms with Gasteiger partial charge in [0.2, 0.25) is 5.91 Å². The molecule has 7 nitrogen and oxygen atoms in total. The lowest BCUT2D eigenvalue weighted by Crippen LogP contribution is -2.39. The number of hydrogen-bond donors (Lipinski definition) is 2. The molecule has 0 saturated heterocycles. The van der Waals surface area contributed by atoms with E-state index in [9.17, 15) is 22.8 Å². The second kappa shape index (κ2) is 11.3. The van der Waals surface area contributed by atoms with Gasteiger partial charge in [0.1, 0.15) is 17.3 Å². The van der Waals surface area contributed by atoms with Crippen LogP contribution in [0.2, 0.25) is 0 Å². The summed E-state index contributed by atoms with van der Waals surface area (Å²) in [6, 6.07) is 12.4. The number of hydrogen-bond acceptors (Lipinski definition) is 5. The molecule has 2 aliphatic carbocycles. The summed E-state index contributed by atoms with van der Waals surface area (Å²) < 4.78 is 46.5. The molecule has 3 aromatic rings. The Bertz CT molecular complexity index is 1420. The fraction of sp³-hybridized carbons (Fsp3) is 0.367. The largest absolute Gasteiger partial charge is 0.457 e. The van der Waals surface area contributed by atoms with Crippen molar-refractivity contribution in [2.45, 2.75) is 50.9 Å². The van der Waals surface area contributed by atoms with Crippen LogP contribution in [0.1, 0.15) is 51.9 Å². The van der Waals surface area contributed by atoms with Crippen molar-refractivity contribution in [3.05, 3.63) is 82.5 Å². The van der Waals surface area contributed by atoms with Crippen molar-refractivity contribution in [3.8, 4) is 11.5 Å². The Morgan fingerprint density at radius 2 is 1.77 bits per heavy atom. The third kappa shape index (κ3) is 6.98. The van der Waals surface area contributed by atoms with Crippen molar-refractivity contribution in [3.63, 3.8) is 0 Å². The number of nitrogens with one attached hydrogen (secondary N) is 2. The van der Waals surface area contributed by atoms with Gasteiger partial charge < -0.3 is 20.3 Å². The van der Waals surface area contributed by atoms with Crippen LogP contribution in [0.4, 0.5) is 19.0 Å². The van der Waals surface area contributed by atoms with Gasteiger partial charge in [-0.2, -0.15) is 13.2 Å². The molecular weight excluding hydrogens is 521 g/mol. The number of nitrogens with zero attached hydrogens (tertiary/aromatic N) is 2. The minimum Gasteiger partial charge on any atom is -0.457 e. The Morgan fingerprint density at radius 1 is 1.00 bits per heavy atom. The third-order valence-corrected chi connectivity index (χ3v) is 6.99. The Kier molecular flexibility index (Phi) is 7.80. The maximum atomic E-state index is 13.5. The fourth-order valence-electron chi connectivity index (χ4n) is 4.88. The molecule has 2 aromatic carbocycles. The zero-order chi connectivity index (χ0) is 28.4. The van der Waals surface area contributed by atoms with Crippen molar-refractivity contribution >= 4 is 17.6 Å². The molecule has 2 amide bonds. The minimum atomic E-state index is -4.55. The molecule has 0 spiro atoms. The van der Waals surface area contributed by atoms with E-state index in [0.29, 0.717) is 35.7 Å². The van der Waals surface area contributed by atoms with Gasteiger partial charge in [-0.3, -0.25) is 9.59 Å². The van der Waals surface area contributed by atoms with E-state index in [4.69, 9.17) is 4.74 Å². The van der Waals surface area contributed by atoms with E-state index in [1.54, 1.807) is 37.3 Å². The van der Waals surface area contributed by atoms with Crippen LogP contribution in [-0.4, -0.2) is 41.8 Å². The minimum absolute atomic E-state index is 0.00294. The van der Waals surface area contributed by atoms with Crippen LogP contribution in [0.5, 0.6) is 11.5 Å². The normalized spacial score (nSPS) is 16.8. The molecule has 40 heavy (non-hydrogen) atoms. The zero-order valence-electron chi connectivity index (χ0n) is 22.3. The first kappa shape index (κ1) is 27.6. The van der Waals surface area contributed by atoms with Crippen molar-refractivity contribution in [2.75, 3.05) is 19.4 Å². The first-order valence-electron chi connectivity index (χ1n) is 13.3. The first-order valence-corrected chi connectivity index (χ1v) is 13.3. The number of amides is 2. The molecule has 0 bridgehead atoms. The van der Waals surface area contributed by atoms with Crippen molar-refractivity contribution in [2.24, 2.45) is 5.92 Å². The number of rotatable bonds is 8. The molecular formula is C30H31F3N4O3. The molecule has 2 aliphatic rings. The Hall–Kier alpha value is -3.92. The monoisotopic (exact) mass is 552 g/mol. The van der Waals surface area contributed by atoms with Crippen LogP contribution in [0.25, 0.3) is 0 Å². The van der Waals surface area contributed by atoms with E-state index in [2.05, 4.69) is 15.6 Å². The molecule has 0 unspecified atom stereocenters. The fourth-order valence-corrected chi connectivity index (χ4v) is 4.88. The number of alkyl halides is 3. The van der Waals surface area contributed by atoms with Crippen LogP contribution in [-0.2, 0) is 30.4 Å². The first-order chi connectivity index (χ1) is 19.0. The van der Waals surface area contributed by atoms with Crippen molar-refractivity contribution in [1.29, 1.82) is 0 Å². The molecule has 10 heteroatoms. The summed E-state index contributed by atoms with van der Waals surface area (Å²) in [5.41, 5.74) is 1.73. The van der Waals surface area contributed by atoms with Gasteiger partial charge >= 0.3 is 6.18 Å². The number of aryl methyl sites for hydroxylation is 1. The van der Waals surface area contributed by atoms with Gasteiger partial charge in [-0.1, -0.05) is 6.07 Å². The molecule has 0 radical (unpaired) electrons. The molecule has 1 fully saturated rings. The zero-order valence-corrected chi connectivity index (χ0v) is 22.3. The van der Waals surface area contributed by atoms with Gasteiger partial charge in [-0.05, 0) is 99.3 Å².